The Labute approximate surface area is 135 Å². The number of nitrogens with two attached hydrogens (primary N) is 1. The van der Waals surface area contributed by atoms with Crippen molar-refractivity contribution in [3.8, 4) is 0 Å². The maximum absolute atomic E-state index is 9.24. The van der Waals surface area contributed by atoms with E-state index in [0.717, 1.165) is 30.4 Å². The molecule has 0 aliphatic heterocycles. The lowest BCUT2D eigenvalue weighted by atomic mass is 10.1. The van der Waals surface area contributed by atoms with E-state index in [-0.39, 0.29) is 19.8 Å². The molecule has 0 bridgehead atoms. The van der Waals surface area contributed by atoms with Crippen LogP contribution in [0.3, 0.4) is 0 Å². The normalized spacial score (nSPS) is 13.6. The number of nitrogens with zero attached hydrogens (tertiary/aromatic N) is 1. The number of hydrogen-bond acceptors (Lipinski definition) is 6. The standard InChI is InChI=1S/C14H35N2O5Si/c1-6-8-16(2,3)9-7-10-22(19-4,20-5)21-13-14(15,11-17)12-18/h17-18H,6-13,15H2,1-5H3/q+1. The Kier molecular flexibility index (Phi) is 9.91. The Morgan fingerprint density at radius 2 is 1.64 bits per heavy atom. The monoisotopic (exact) mass is 339 g/mol. The first-order valence-electron chi connectivity index (χ1n) is 7.79. The van der Waals surface area contributed by atoms with Crippen LogP contribution in [0.15, 0.2) is 0 Å². The Bertz CT molecular complexity index is 297. The Morgan fingerprint density at radius 1 is 1.09 bits per heavy atom. The van der Waals surface area contributed by atoms with Crippen LogP contribution in [0.4, 0.5) is 0 Å². The average Bonchev–Trinajstić information content (AvgIpc) is 2.50. The second kappa shape index (κ2) is 9.94. The van der Waals surface area contributed by atoms with Gasteiger partial charge in [-0.3, -0.25) is 0 Å². The van der Waals surface area contributed by atoms with Gasteiger partial charge in [0.1, 0.15) is 0 Å². The molecule has 0 aromatic carbocycles. The molecule has 0 aromatic heterocycles. The highest BCUT2D eigenvalue weighted by Gasteiger charge is 2.41. The van der Waals surface area contributed by atoms with Gasteiger partial charge in [0.25, 0.3) is 0 Å². The molecule has 0 aromatic rings. The molecular weight excluding hydrogens is 304 g/mol. The topological polar surface area (TPSA) is 94.2 Å². The van der Waals surface area contributed by atoms with Gasteiger partial charge < -0.3 is 33.7 Å². The number of quaternary nitrogens is 1. The maximum Gasteiger partial charge on any atom is 0.500 e. The quantitative estimate of drug-likeness (QED) is 0.318. The molecule has 0 amide bonds. The van der Waals surface area contributed by atoms with Gasteiger partial charge in [0, 0.05) is 26.7 Å². The fraction of sp³-hybridized carbons (Fsp3) is 1.00. The summed E-state index contributed by atoms with van der Waals surface area (Å²) in [6.07, 6.45) is 2.06. The highest BCUT2D eigenvalue weighted by atomic mass is 28.4. The smallest absolute Gasteiger partial charge is 0.394 e. The van der Waals surface area contributed by atoms with Gasteiger partial charge in [-0.05, 0) is 6.42 Å². The molecular formula is C14H35N2O5Si+. The minimum atomic E-state index is -2.82. The van der Waals surface area contributed by atoms with Gasteiger partial charge in [-0.2, -0.15) is 0 Å². The van der Waals surface area contributed by atoms with Gasteiger partial charge >= 0.3 is 8.80 Å². The molecule has 4 N–H and O–H groups in total. The van der Waals surface area contributed by atoms with Crippen molar-refractivity contribution in [3.63, 3.8) is 0 Å². The Balaban J connectivity index is 4.56. The van der Waals surface area contributed by atoms with Gasteiger partial charge in [-0.15, -0.1) is 0 Å². The van der Waals surface area contributed by atoms with Gasteiger partial charge in [-0.1, -0.05) is 6.92 Å². The Morgan fingerprint density at radius 3 is 2.05 bits per heavy atom. The molecule has 0 saturated heterocycles. The van der Waals surface area contributed by atoms with E-state index < -0.39 is 14.3 Å². The largest absolute Gasteiger partial charge is 0.500 e. The van der Waals surface area contributed by atoms with E-state index in [1.54, 1.807) is 14.2 Å². The number of aliphatic hydroxyl groups excluding tert-OH is 2. The minimum absolute atomic E-state index is 0.00110. The van der Waals surface area contributed by atoms with Crippen LogP contribution >= 0.6 is 0 Å². The highest BCUT2D eigenvalue weighted by molar-refractivity contribution is 6.60. The van der Waals surface area contributed by atoms with Gasteiger partial charge in [0.2, 0.25) is 0 Å². The summed E-state index contributed by atoms with van der Waals surface area (Å²) in [4.78, 5) is 0. The first-order valence-corrected chi connectivity index (χ1v) is 9.72. The van der Waals surface area contributed by atoms with Crippen molar-refractivity contribution in [1.29, 1.82) is 0 Å². The molecule has 0 aliphatic carbocycles. The molecule has 0 spiro atoms. The molecule has 0 unspecified atom stereocenters. The summed E-state index contributed by atoms with van der Waals surface area (Å²) < 4.78 is 17.8. The maximum atomic E-state index is 9.24. The third-order valence-electron chi connectivity index (χ3n) is 3.91. The second-order valence-corrected chi connectivity index (χ2v) is 9.52. The number of rotatable bonds is 13. The fourth-order valence-electron chi connectivity index (χ4n) is 2.31. The summed E-state index contributed by atoms with van der Waals surface area (Å²) in [5.41, 5.74) is 4.66. The van der Waals surface area contributed by atoms with E-state index in [1.165, 1.54) is 0 Å². The first kappa shape index (κ1) is 21.9. The zero-order chi connectivity index (χ0) is 17.3. The molecule has 134 valence electrons. The Hall–Kier alpha value is -0.0631. The van der Waals surface area contributed by atoms with Crippen molar-refractivity contribution in [2.45, 2.75) is 31.3 Å². The van der Waals surface area contributed by atoms with Crippen LogP contribution in [0, 0.1) is 0 Å². The second-order valence-electron chi connectivity index (χ2n) is 6.55. The lowest BCUT2D eigenvalue weighted by Gasteiger charge is -2.33. The van der Waals surface area contributed by atoms with Crippen molar-refractivity contribution in [2.75, 3.05) is 61.2 Å². The van der Waals surface area contributed by atoms with Gasteiger partial charge in [0.05, 0.1) is 52.5 Å². The summed E-state index contributed by atoms with van der Waals surface area (Å²) in [6.45, 7) is 3.59. The number of aliphatic hydroxyl groups is 2. The zero-order valence-corrected chi connectivity index (χ0v) is 15.8. The summed E-state index contributed by atoms with van der Waals surface area (Å²) in [7, 11) is 4.72. The van der Waals surface area contributed by atoms with E-state index in [0.29, 0.717) is 6.04 Å². The molecule has 0 atom stereocenters. The molecule has 0 fully saturated rings. The minimum Gasteiger partial charge on any atom is -0.394 e. The number of hydrogen-bond donors (Lipinski definition) is 3. The van der Waals surface area contributed by atoms with E-state index in [2.05, 4.69) is 21.0 Å². The van der Waals surface area contributed by atoms with Crippen LogP contribution in [-0.2, 0) is 13.3 Å². The van der Waals surface area contributed by atoms with Crippen LogP contribution in [0.2, 0.25) is 6.04 Å². The molecule has 0 heterocycles. The van der Waals surface area contributed by atoms with Crippen molar-refractivity contribution < 1.29 is 28.0 Å². The predicted octanol–water partition coefficient (Wildman–Crippen LogP) is -0.207. The molecule has 8 heteroatoms. The zero-order valence-electron chi connectivity index (χ0n) is 14.8. The van der Waals surface area contributed by atoms with Crippen LogP contribution < -0.4 is 5.73 Å². The lowest BCUT2D eigenvalue weighted by molar-refractivity contribution is -0.890. The molecule has 0 radical (unpaired) electrons. The van der Waals surface area contributed by atoms with Crippen LogP contribution in [0.5, 0.6) is 0 Å². The van der Waals surface area contributed by atoms with Gasteiger partial charge in [-0.25, -0.2) is 0 Å². The third-order valence-corrected chi connectivity index (χ3v) is 6.70. The molecule has 0 saturated carbocycles. The van der Waals surface area contributed by atoms with Crippen molar-refractivity contribution >= 4 is 8.80 Å². The third kappa shape index (κ3) is 7.47. The molecule has 0 rings (SSSR count). The van der Waals surface area contributed by atoms with Crippen LogP contribution in [0.25, 0.3) is 0 Å². The molecule has 0 aliphatic rings. The summed E-state index contributed by atoms with van der Waals surface area (Å²) in [6, 6.07) is 0.679. The van der Waals surface area contributed by atoms with Crippen molar-refractivity contribution in [1.82, 2.24) is 0 Å². The van der Waals surface area contributed by atoms with E-state index in [4.69, 9.17) is 19.0 Å². The summed E-state index contributed by atoms with van der Waals surface area (Å²) in [5, 5.41) is 18.5. The van der Waals surface area contributed by atoms with Crippen molar-refractivity contribution in [2.24, 2.45) is 5.73 Å². The highest BCUT2D eigenvalue weighted by Crippen LogP contribution is 2.19. The van der Waals surface area contributed by atoms with Crippen molar-refractivity contribution in [3.05, 3.63) is 0 Å². The average molecular weight is 340 g/mol. The lowest BCUT2D eigenvalue weighted by Crippen LogP contribution is -2.56. The summed E-state index contributed by atoms with van der Waals surface area (Å²) in [5.74, 6) is 0. The summed E-state index contributed by atoms with van der Waals surface area (Å²) >= 11 is 0. The molecule has 22 heavy (non-hydrogen) atoms. The fourth-order valence-corrected chi connectivity index (χ4v) is 4.37. The van der Waals surface area contributed by atoms with Gasteiger partial charge in [0.15, 0.2) is 0 Å². The van der Waals surface area contributed by atoms with E-state index in [1.807, 2.05) is 0 Å². The van der Waals surface area contributed by atoms with E-state index in [9.17, 15) is 10.2 Å². The predicted molar refractivity (Wildman–Crippen MR) is 88.4 cm³/mol. The SMILES string of the molecule is CCC[N+](C)(C)CCC[Si](OC)(OC)OCC(N)(CO)CO. The van der Waals surface area contributed by atoms with Crippen LogP contribution in [-0.4, -0.2) is 90.3 Å². The van der Waals surface area contributed by atoms with Crippen LogP contribution in [0.1, 0.15) is 19.8 Å². The first-order chi connectivity index (χ1) is 10.2. The molecule has 7 nitrogen and oxygen atoms in total. The van der Waals surface area contributed by atoms with E-state index >= 15 is 0 Å².